The lowest BCUT2D eigenvalue weighted by Gasteiger charge is -2.37. The number of imide groups is 1. The molecule has 7 nitrogen and oxygen atoms in total. The molecule has 148 valence electrons. The zero-order valence-electron chi connectivity index (χ0n) is 16.4. The summed E-state index contributed by atoms with van der Waals surface area (Å²) in [6, 6.07) is -1.10. The summed E-state index contributed by atoms with van der Waals surface area (Å²) >= 11 is 0. The highest BCUT2D eigenvalue weighted by atomic mass is 16.6. The molecule has 2 aliphatic rings. The van der Waals surface area contributed by atoms with Crippen LogP contribution in [0.15, 0.2) is 0 Å². The Morgan fingerprint density at radius 2 is 1.69 bits per heavy atom. The van der Waals surface area contributed by atoms with Gasteiger partial charge in [0, 0.05) is 12.8 Å². The van der Waals surface area contributed by atoms with Crippen LogP contribution in [-0.2, 0) is 9.53 Å². The van der Waals surface area contributed by atoms with Crippen molar-refractivity contribution in [3.8, 4) is 0 Å². The van der Waals surface area contributed by atoms with Gasteiger partial charge >= 0.3 is 18.1 Å². The van der Waals surface area contributed by atoms with Crippen LogP contribution in [0.2, 0.25) is 0 Å². The van der Waals surface area contributed by atoms with E-state index in [1.165, 1.54) is 0 Å². The van der Waals surface area contributed by atoms with Gasteiger partial charge in [-0.25, -0.2) is 9.59 Å². The summed E-state index contributed by atoms with van der Waals surface area (Å²) in [4.78, 5) is 37.9. The average Bonchev–Trinajstić information content (AvgIpc) is 2.94. The number of carbonyl (C=O) groups is 3. The van der Waals surface area contributed by atoms with E-state index in [-0.39, 0.29) is 18.5 Å². The van der Waals surface area contributed by atoms with Crippen LogP contribution >= 0.6 is 0 Å². The number of carboxylic acid groups (broad SMARTS) is 1. The molecule has 1 saturated heterocycles. The summed E-state index contributed by atoms with van der Waals surface area (Å²) in [5.74, 6) is -0.439. The third-order valence-electron chi connectivity index (χ3n) is 5.68. The van der Waals surface area contributed by atoms with Gasteiger partial charge in [-0.2, -0.15) is 9.28 Å². The highest BCUT2D eigenvalue weighted by Crippen LogP contribution is 2.34. The molecule has 0 bridgehead atoms. The first-order chi connectivity index (χ1) is 12.1. The van der Waals surface area contributed by atoms with E-state index in [2.05, 4.69) is 5.32 Å². The predicted molar refractivity (Wildman–Crippen MR) is 96.6 cm³/mol. The number of hydrogen-bond acceptors (Lipinski definition) is 4. The maximum atomic E-state index is 13.4. The topological polar surface area (TPSA) is 92.7 Å². The van der Waals surface area contributed by atoms with Crippen molar-refractivity contribution in [2.75, 3.05) is 6.54 Å². The van der Waals surface area contributed by atoms with Crippen LogP contribution in [0.5, 0.6) is 0 Å². The van der Waals surface area contributed by atoms with Crippen LogP contribution in [0, 0.1) is 5.92 Å². The van der Waals surface area contributed by atoms with Gasteiger partial charge in [0.1, 0.15) is 11.6 Å². The Hall–Kier alpha value is -1.63. The van der Waals surface area contributed by atoms with Gasteiger partial charge in [-0.1, -0.05) is 19.3 Å². The van der Waals surface area contributed by atoms with Crippen LogP contribution in [0.4, 0.5) is 9.59 Å². The number of quaternary nitrogens is 1. The van der Waals surface area contributed by atoms with Crippen molar-refractivity contribution in [1.82, 2.24) is 5.32 Å². The fourth-order valence-electron chi connectivity index (χ4n) is 4.31. The summed E-state index contributed by atoms with van der Waals surface area (Å²) in [5.41, 5.74) is -0.676. The molecule has 0 aromatic rings. The SMILES string of the molecule is C[C@@H]1CCC[N+]1(C(=O)O)C(=O)[C@H](NC(=O)OC(C)(C)C)C1CCCCC1. The first-order valence-electron chi connectivity index (χ1n) is 9.73. The Morgan fingerprint density at radius 3 is 2.15 bits per heavy atom. The Morgan fingerprint density at radius 1 is 1.08 bits per heavy atom. The number of ether oxygens (including phenoxy) is 1. The average molecular weight is 369 g/mol. The van der Waals surface area contributed by atoms with Gasteiger partial charge < -0.3 is 15.2 Å². The molecule has 1 heterocycles. The standard InChI is InChI=1S/C19H32N2O5/c1-13-9-8-12-21(13,18(24)25)16(22)15(14-10-6-5-7-11-14)20-17(23)26-19(2,3)4/h13-15H,5-12H2,1-4H3,(H-,20,23,24,25)/p+1/t13-,15-,21?/m1/s1. The van der Waals surface area contributed by atoms with Crippen molar-refractivity contribution in [3.63, 3.8) is 0 Å². The Kier molecular flexibility index (Phi) is 6.32. The van der Waals surface area contributed by atoms with Gasteiger partial charge in [-0.15, -0.1) is 0 Å². The monoisotopic (exact) mass is 369 g/mol. The predicted octanol–water partition coefficient (Wildman–Crippen LogP) is 3.66. The van der Waals surface area contributed by atoms with Crippen molar-refractivity contribution in [3.05, 3.63) is 0 Å². The summed E-state index contributed by atoms with van der Waals surface area (Å²) < 4.78 is 4.75. The highest BCUT2D eigenvalue weighted by molar-refractivity contribution is 5.87. The molecule has 0 radical (unpaired) electrons. The molecule has 0 aromatic heterocycles. The molecule has 3 amide bonds. The molecule has 26 heavy (non-hydrogen) atoms. The number of nitrogens with one attached hydrogen (secondary N) is 1. The van der Waals surface area contributed by atoms with Gasteiger partial charge in [0.05, 0.1) is 6.54 Å². The molecule has 2 N–H and O–H groups in total. The van der Waals surface area contributed by atoms with Gasteiger partial charge in [0.25, 0.3) is 0 Å². The maximum absolute atomic E-state index is 13.4. The number of likely N-dealkylation sites (tertiary alicyclic amines) is 1. The van der Waals surface area contributed by atoms with Crippen molar-refractivity contribution < 1.29 is 28.7 Å². The molecular formula is C19H33N2O5+. The zero-order chi connectivity index (χ0) is 19.5. The molecule has 1 aliphatic carbocycles. The molecule has 1 aliphatic heterocycles. The Bertz CT molecular complexity index is 551. The summed E-state index contributed by atoms with van der Waals surface area (Å²) in [7, 11) is 0. The van der Waals surface area contributed by atoms with Gasteiger partial charge in [-0.05, 0) is 46.5 Å². The van der Waals surface area contributed by atoms with E-state index in [9.17, 15) is 19.5 Å². The Balaban J connectivity index is 2.28. The van der Waals surface area contributed by atoms with Crippen molar-refractivity contribution >= 4 is 18.1 Å². The molecule has 0 spiro atoms. The van der Waals surface area contributed by atoms with Gasteiger partial charge in [0.15, 0.2) is 6.04 Å². The summed E-state index contributed by atoms with van der Waals surface area (Å²) in [6.07, 6.45) is 4.36. The van der Waals surface area contributed by atoms with E-state index < -0.39 is 34.2 Å². The van der Waals surface area contributed by atoms with E-state index in [1.54, 1.807) is 20.8 Å². The minimum atomic E-state index is -1.12. The minimum Gasteiger partial charge on any atom is -0.444 e. The molecule has 1 unspecified atom stereocenters. The molecule has 2 rings (SSSR count). The molecule has 2 fully saturated rings. The first-order valence-corrected chi connectivity index (χ1v) is 9.73. The second-order valence-corrected chi connectivity index (χ2v) is 8.73. The minimum absolute atomic E-state index is 0.0362. The van der Waals surface area contributed by atoms with Crippen molar-refractivity contribution in [1.29, 1.82) is 0 Å². The Labute approximate surface area is 155 Å². The quantitative estimate of drug-likeness (QED) is 0.741. The summed E-state index contributed by atoms with van der Waals surface area (Å²) in [5, 5.41) is 12.6. The van der Waals surface area contributed by atoms with E-state index in [4.69, 9.17) is 4.74 Å². The van der Waals surface area contributed by atoms with Crippen LogP contribution in [0.3, 0.4) is 0 Å². The first kappa shape index (κ1) is 20.7. The van der Waals surface area contributed by atoms with E-state index in [1.807, 2.05) is 6.92 Å². The van der Waals surface area contributed by atoms with E-state index in [0.717, 1.165) is 32.1 Å². The molecule has 0 aromatic carbocycles. The van der Waals surface area contributed by atoms with Crippen LogP contribution in [-0.4, -0.2) is 51.9 Å². The van der Waals surface area contributed by atoms with Crippen molar-refractivity contribution in [2.45, 2.75) is 90.3 Å². The number of nitrogens with zero attached hydrogens (tertiary/aromatic N) is 1. The number of amides is 3. The molecule has 1 saturated carbocycles. The lowest BCUT2D eigenvalue weighted by molar-refractivity contribution is -0.793. The second kappa shape index (κ2) is 7.94. The smallest absolute Gasteiger partial charge is 0.444 e. The third-order valence-corrected chi connectivity index (χ3v) is 5.68. The largest absolute Gasteiger partial charge is 0.521 e. The number of rotatable bonds is 3. The second-order valence-electron chi connectivity index (χ2n) is 8.73. The van der Waals surface area contributed by atoms with Gasteiger partial charge in [-0.3, -0.25) is 0 Å². The van der Waals surface area contributed by atoms with Crippen LogP contribution < -0.4 is 5.32 Å². The van der Waals surface area contributed by atoms with Gasteiger partial charge in [0.2, 0.25) is 0 Å². The van der Waals surface area contributed by atoms with Crippen LogP contribution in [0.25, 0.3) is 0 Å². The lowest BCUT2D eigenvalue weighted by Crippen LogP contribution is -2.66. The molecule has 3 atom stereocenters. The third kappa shape index (κ3) is 4.37. The number of alkyl carbamates (subject to hydrolysis) is 1. The van der Waals surface area contributed by atoms with E-state index in [0.29, 0.717) is 12.8 Å². The van der Waals surface area contributed by atoms with Crippen LogP contribution in [0.1, 0.15) is 72.6 Å². The fraction of sp³-hybridized carbons (Fsp3) is 0.842. The number of hydrogen-bond donors (Lipinski definition) is 2. The van der Waals surface area contributed by atoms with E-state index >= 15 is 0 Å². The normalized spacial score (nSPS) is 28.4. The number of carbonyl (C=O) groups excluding carboxylic acids is 2. The van der Waals surface area contributed by atoms with Crippen molar-refractivity contribution in [2.24, 2.45) is 5.92 Å². The highest BCUT2D eigenvalue weighted by Gasteiger charge is 2.56. The molecule has 7 heteroatoms. The maximum Gasteiger partial charge on any atom is 0.521 e. The summed E-state index contributed by atoms with van der Waals surface area (Å²) in [6.45, 7) is 7.38. The fourth-order valence-corrected chi connectivity index (χ4v) is 4.31. The lowest BCUT2D eigenvalue weighted by atomic mass is 9.83. The zero-order valence-corrected chi connectivity index (χ0v) is 16.4. The molecular weight excluding hydrogens is 336 g/mol.